The molecule has 1 aromatic rings. The molecule has 142 valence electrons. The molecule has 0 spiro atoms. The number of guanidine groups is 1. The zero-order valence-electron chi connectivity index (χ0n) is 16.7. The van der Waals surface area contributed by atoms with Crippen LogP contribution in [-0.4, -0.2) is 60.1 Å². The molecule has 5 heteroatoms. The van der Waals surface area contributed by atoms with Crippen LogP contribution in [0.15, 0.2) is 23.3 Å². The highest BCUT2D eigenvalue weighted by molar-refractivity contribution is 5.79. The third kappa shape index (κ3) is 6.73. The van der Waals surface area contributed by atoms with E-state index in [1.165, 1.54) is 44.6 Å². The standard InChI is InChI=1S/C20H37N5/c1-5-21-20(24(4)17-19-11-9-13-23(19)3)22-12-6-7-14-25-15-8-10-18(2)16-25/h9,11,13,18H,5-8,10,12,14-17H2,1-4H3,(H,21,22). The number of aliphatic imine (C=N–C) groups is 1. The van der Waals surface area contributed by atoms with E-state index in [1.54, 1.807) is 0 Å². The van der Waals surface area contributed by atoms with Gasteiger partial charge < -0.3 is 19.7 Å². The molecule has 1 unspecified atom stereocenters. The summed E-state index contributed by atoms with van der Waals surface area (Å²) in [4.78, 5) is 9.67. The Balaban J connectivity index is 1.73. The summed E-state index contributed by atoms with van der Waals surface area (Å²) in [7, 11) is 4.21. The Morgan fingerprint density at radius 3 is 2.92 bits per heavy atom. The van der Waals surface area contributed by atoms with Crippen LogP contribution < -0.4 is 5.32 Å². The topological polar surface area (TPSA) is 35.8 Å². The summed E-state index contributed by atoms with van der Waals surface area (Å²) in [5, 5.41) is 3.42. The molecule has 25 heavy (non-hydrogen) atoms. The van der Waals surface area contributed by atoms with Gasteiger partial charge in [-0.2, -0.15) is 0 Å². The molecular formula is C20H37N5. The SMILES string of the molecule is CCNC(=NCCCCN1CCCC(C)C1)N(C)Cc1cccn1C. The van der Waals surface area contributed by atoms with Crippen LogP contribution in [-0.2, 0) is 13.6 Å². The highest BCUT2D eigenvalue weighted by Gasteiger charge is 2.15. The van der Waals surface area contributed by atoms with E-state index in [0.29, 0.717) is 0 Å². The lowest BCUT2D eigenvalue weighted by Crippen LogP contribution is -2.39. The smallest absolute Gasteiger partial charge is 0.194 e. The van der Waals surface area contributed by atoms with Gasteiger partial charge in [-0.15, -0.1) is 0 Å². The predicted octanol–water partition coefficient (Wildman–Crippen LogP) is 2.93. The quantitative estimate of drug-likeness (QED) is 0.446. The summed E-state index contributed by atoms with van der Waals surface area (Å²) >= 11 is 0. The molecule has 1 saturated heterocycles. The van der Waals surface area contributed by atoms with Crippen LogP contribution in [0.4, 0.5) is 0 Å². The van der Waals surface area contributed by atoms with Gasteiger partial charge in [0, 0.05) is 45.6 Å². The number of aromatic nitrogens is 1. The molecule has 2 rings (SSSR count). The summed E-state index contributed by atoms with van der Waals surface area (Å²) in [5.74, 6) is 1.88. The number of nitrogens with zero attached hydrogens (tertiary/aromatic N) is 4. The van der Waals surface area contributed by atoms with Crippen LogP contribution in [0.5, 0.6) is 0 Å². The molecule has 5 nitrogen and oxygen atoms in total. The third-order valence-electron chi connectivity index (χ3n) is 5.03. The second-order valence-corrected chi connectivity index (χ2v) is 7.46. The zero-order valence-corrected chi connectivity index (χ0v) is 16.7. The fraction of sp³-hybridized carbons (Fsp3) is 0.750. The highest BCUT2D eigenvalue weighted by atomic mass is 15.3. The molecule has 1 atom stereocenters. The number of hydrogen-bond acceptors (Lipinski definition) is 2. The van der Waals surface area contributed by atoms with Gasteiger partial charge in [0.25, 0.3) is 0 Å². The van der Waals surface area contributed by atoms with Crippen molar-refractivity contribution < 1.29 is 0 Å². The lowest BCUT2D eigenvalue weighted by Gasteiger charge is -2.30. The van der Waals surface area contributed by atoms with E-state index in [9.17, 15) is 0 Å². The molecular weight excluding hydrogens is 310 g/mol. The molecule has 0 saturated carbocycles. The Kier molecular flexibility index (Phi) is 8.32. The molecule has 1 fully saturated rings. The average molecular weight is 348 g/mol. The normalized spacial score (nSPS) is 19.2. The van der Waals surface area contributed by atoms with E-state index in [-0.39, 0.29) is 0 Å². The second kappa shape index (κ2) is 10.5. The lowest BCUT2D eigenvalue weighted by atomic mass is 10.0. The van der Waals surface area contributed by atoms with Gasteiger partial charge in [-0.3, -0.25) is 4.99 Å². The van der Waals surface area contributed by atoms with E-state index in [2.05, 4.69) is 66.0 Å². The third-order valence-corrected chi connectivity index (χ3v) is 5.03. The first-order valence-corrected chi connectivity index (χ1v) is 9.92. The number of hydrogen-bond donors (Lipinski definition) is 1. The number of piperidine rings is 1. The van der Waals surface area contributed by atoms with E-state index in [0.717, 1.165) is 37.9 Å². The van der Waals surface area contributed by atoms with E-state index < -0.39 is 0 Å². The minimum Gasteiger partial charge on any atom is -0.357 e. The molecule has 0 amide bonds. The molecule has 0 bridgehead atoms. The minimum atomic E-state index is 0.873. The maximum Gasteiger partial charge on any atom is 0.194 e. The van der Waals surface area contributed by atoms with Gasteiger partial charge in [0.1, 0.15) is 0 Å². The van der Waals surface area contributed by atoms with Crippen molar-refractivity contribution in [1.29, 1.82) is 0 Å². The monoisotopic (exact) mass is 347 g/mol. The number of aryl methyl sites for hydroxylation is 1. The lowest BCUT2D eigenvalue weighted by molar-refractivity contribution is 0.181. The molecule has 0 aliphatic carbocycles. The van der Waals surface area contributed by atoms with E-state index in [4.69, 9.17) is 4.99 Å². The van der Waals surface area contributed by atoms with Crippen molar-refractivity contribution in [2.24, 2.45) is 18.0 Å². The van der Waals surface area contributed by atoms with Crippen molar-refractivity contribution in [2.75, 3.05) is 39.8 Å². The van der Waals surface area contributed by atoms with Crippen LogP contribution in [0.3, 0.4) is 0 Å². The molecule has 1 aliphatic rings. The Morgan fingerprint density at radius 1 is 1.40 bits per heavy atom. The number of rotatable bonds is 8. The van der Waals surface area contributed by atoms with Crippen LogP contribution in [0, 0.1) is 5.92 Å². The van der Waals surface area contributed by atoms with Crippen LogP contribution in [0.2, 0.25) is 0 Å². The first-order chi connectivity index (χ1) is 12.1. The van der Waals surface area contributed by atoms with Crippen LogP contribution in [0.1, 0.15) is 45.2 Å². The van der Waals surface area contributed by atoms with Gasteiger partial charge in [0.15, 0.2) is 5.96 Å². The summed E-state index contributed by atoms with van der Waals surface area (Å²) in [6.07, 6.45) is 7.28. The van der Waals surface area contributed by atoms with Crippen LogP contribution >= 0.6 is 0 Å². The van der Waals surface area contributed by atoms with Crippen molar-refractivity contribution in [1.82, 2.24) is 19.7 Å². The zero-order chi connectivity index (χ0) is 18.1. The molecule has 0 radical (unpaired) electrons. The summed E-state index contributed by atoms with van der Waals surface area (Å²) < 4.78 is 2.17. The van der Waals surface area contributed by atoms with Crippen molar-refractivity contribution in [3.8, 4) is 0 Å². The van der Waals surface area contributed by atoms with Gasteiger partial charge in [0.05, 0.1) is 6.54 Å². The maximum atomic E-state index is 4.82. The van der Waals surface area contributed by atoms with E-state index >= 15 is 0 Å². The van der Waals surface area contributed by atoms with Crippen LogP contribution in [0.25, 0.3) is 0 Å². The average Bonchev–Trinajstić information content (AvgIpc) is 2.98. The molecule has 1 aromatic heterocycles. The fourth-order valence-electron chi connectivity index (χ4n) is 3.57. The van der Waals surface area contributed by atoms with Crippen molar-refractivity contribution in [2.45, 2.75) is 46.1 Å². The summed E-state index contributed by atoms with van der Waals surface area (Å²) in [6.45, 7) is 11.0. The molecule has 1 N–H and O–H groups in total. The molecule has 2 heterocycles. The van der Waals surface area contributed by atoms with Gasteiger partial charge in [-0.1, -0.05) is 6.92 Å². The Hall–Kier alpha value is -1.49. The number of likely N-dealkylation sites (tertiary alicyclic amines) is 1. The Morgan fingerprint density at radius 2 is 2.24 bits per heavy atom. The van der Waals surface area contributed by atoms with E-state index in [1.807, 2.05) is 0 Å². The summed E-state index contributed by atoms with van der Waals surface area (Å²) in [6, 6.07) is 4.26. The van der Waals surface area contributed by atoms with Crippen molar-refractivity contribution in [3.05, 3.63) is 24.0 Å². The van der Waals surface area contributed by atoms with Gasteiger partial charge >= 0.3 is 0 Å². The Labute approximate surface area is 154 Å². The number of nitrogens with one attached hydrogen (secondary N) is 1. The largest absolute Gasteiger partial charge is 0.357 e. The maximum absolute atomic E-state index is 4.82. The molecule has 1 aliphatic heterocycles. The number of unbranched alkanes of at least 4 members (excludes halogenated alkanes) is 1. The fourth-order valence-corrected chi connectivity index (χ4v) is 3.57. The second-order valence-electron chi connectivity index (χ2n) is 7.46. The van der Waals surface area contributed by atoms with Crippen molar-refractivity contribution >= 4 is 5.96 Å². The molecule has 0 aromatic carbocycles. The van der Waals surface area contributed by atoms with Gasteiger partial charge in [0.2, 0.25) is 0 Å². The van der Waals surface area contributed by atoms with Gasteiger partial charge in [-0.25, -0.2) is 0 Å². The highest BCUT2D eigenvalue weighted by Crippen LogP contribution is 2.15. The first kappa shape index (κ1) is 19.8. The predicted molar refractivity (Wildman–Crippen MR) is 107 cm³/mol. The summed E-state index contributed by atoms with van der Waals surface area (Å²) in [5.41, 5.74) is 1.30. The minimum absolute atomic E-state index is 0.873. The van der Waals surface area contributed by atoms with Gasteiger partial charge in [-0.05, 0) is 63.7 Å². The first-order valence-electron chi connectivity index (χ1n) is 9.92. The Bertz CT molecular complexity index is 522. The van der Waals surface area contributed by atoms with Crippen molar-refractivity contribution in [3.63, 3.8) is 0 Å².